The van der Waals surface area contributed by atoms with E-state index in [0.717, 1.165) is 6.08 Å². The van der Waals surface area contributed by atoms with Crippen LogP contribution in [0.2, 0.25) is 0 Å². The minimum atomic E-state index is -1.01. The van der Waals surface area contributed by atoms with Crippen LogP contribution in [0.1, 0.15) is 13.8 Å². The minimum Gasteiger partial charge on any atom is -0.480 e. The Kier molecular flexibility index (Phi) is 4.47. The van der Waals surface area contributed by atoms with Crippen molar-refractivity contribution in [1.29, 1.82) is 0 Å². The van der Waals surface area contributed by atoms with Gasteiger partial charge in [-0.3, -0.25) is 9.59 Å². The summed E-state index contributed by atoms with van der Waals surface area (Å²) >= 11 is 0. The first-order valence-electron chi connectivity index (χ1n) is 5.82. The van der Waals surface area contributed by atoms with Crippen LogP contribution in [0.3, 0.4) is 0 Å². The maximum atomic E-state index is 11.9. The Balaban J connectivity index is 2.78. The van der Waals surface area contributed by atoms with Crippen molar-refractivity contribution in [2.75, 3.05) is 19.6 Å². The van der Waals surface area contributed by atoms with Gasteiger partial charge >= 0.3 is 5.97 Å². The van der Waals surface area contributed by atoms with Gasteiger partial charge in [-0.1, -0.05) is 20.4 Å². The van der Waals surface area contributed by atoms with E-state index in [2.05, 4.69) is 6.58 Å². The predicted octanol–water partition coefficient (Wildman–Crippen LogP) is -0.0476. The number of nitrogens with zero attached hydrogens (tertiary/aromatic N) is 2. The van der Waals surface area contributed by atoms with Crippen LogP contribution in [-0.4, -0.2) is 58.4 Å². The Hall–Kier alpha value is -1.85. The van der Waals surface area contributed by atoms with Crippen molar-refractivity contribution in [1.82, 2.24) is 9.80 Å². The van der Waals surface area contributed by atoms with E-state index in [4.69, 9.17) is 5.11 Å². The molecule has 0 aromatic heterocycles. The van der Waals surface area contributed by atoms with Gasteiger partial charge in [-0.25, -0.2) is 4.79 Å². The van der Waals surface area contributed by atoms with Gasteiger partial charge in [0.05, 0.1) is 0 Å². The molecule has 1 aliphatic heterocycles. The second kappa shape index (κ2) is 5.66. The number of aliphatic carboxylic acids is 1. The largest absolute Gasteiger partial charge is 0.480 e. The summed E-state index contributed by atoms with van der Waals surface area (Å²) in [6.07, 6.45) is 1.15. The molecule has 1 heterocycles. The fourth-order valence-electron chi connectivity index (χ4n) is 2.08. The van der Waals surface area contributed by atoms with Gasteiger partial charge in [0.25, 0.3) is 0 Å². The van der Waals surface area contributed by atoms with E-state index < -0.39 is 12.0 Å². The van der Waals surface area contributed by atoms with E-state index in [9.17, 15) is 14.4 Å². The van der Waals surface area contributed by atoms with Crippen molar-refractivity contribution < 1.29 is 19.5 Å². The molecule has 1 fully saturated rings. The molecule has 1 rings (SSSR count). The van der Waals surface area contributed by atoms with E-state index >= 15 is 0 Å². The molecule has 0 aromatic rings. The topological polar surface area (TPSA) is 77.9 Å². The summed E-state index contributed by atoms with van der Waals surface area (Å²) in [6.45, 7) is 7.38. The van der Waals surface area contributed by atoms with Crippen LogP contribution < -0.4 is 0 Å². The summed E-state index contributed by atoms with van der Waals surface area (Å²) < 4.78 is 0. The number of rotatable bonds is 4. The lowest BCUT2D eigenvalue weighted by Gasteiger charge is -2.38. The lowest BCUT2D eigenvalue weighted by Crippen LogP contribution is -2.58. The van der Waals surface area contributed by atoms with Crippen molar-refractivity contribution in [3.8, 4) is 0 Å². The van der Waals surface area contributed by atoms with Crippen LogP contribution in [0.4, 0.5) is 0 Å². The first-order chi connectivity index (χ1) is 8.38. The quantitative estimate of drug-likeness (QED) is 0.714. The molecular weight excluding hydrogens is 236 g/mol. The molecule has 1 saturated heterocycles. The zero-order valence-electron chi connectivity index (χ0n) is 10.6. The summed E-state index contributed by atoms with van der Waals surface area (Å²) in [7, 11) is 0. The summed E-state index contributed by atoms with van der Waals surface area (Å²) in [6, 6.07) is -0.835. The van der Waals surface area contributed by atoms with Gasteiger partial charge in [0, 0.05) is 13.1 Å². The van der Waals surface area contributed by atoms with E-state index in [1.165, 1.54) is 9.80 Å². The van der Waals surface area contributed by atoms with Crippen molar-refractivity contribution in [3.05, 3.63) is 12.7 Å². The van der Waals surface area contributed by atoms with E-state index in [0.29, 0.717) is 6.54 Å². The van der Waals surface area contributed by atoms with Crippen molar-refractivity contribution >= 4 is 17.8 Å². The van der Waals surface area contributed by atoms with Gasteiger partial charge in [-0.2, -0.15) is 0 Å². The zero-order chi connectivity index (χ0) is 13.9. The number of carboxylic acid groups (broad SMARTS) is 1. The lowest BCUT2D eigenvalue weighted by atomic mass is 10.0. The average Bonchev–Trinajstić information content (AvgIpc) is 2.29. The van der Waals surface area contributed by atoms with Crippen LogP contribution in [-0.2, 0) is 14.4 Å². The number of amides is 2. The van der Waals surface area contributed by atoms with Gasteiger partial charge in [0.2, 0.25) is 11.8 Å². The first-order valence-corrected chi connectivity index (χ1v) is 5.82. The van der Waals surface area contributed by atoms with Gasteiger partial charge in [-0.05, 0) is 12.0 Å². The monoisotopic (exact) mass is 254 g/mol. The molecule has 6 nitrogen and oxygen atoms in total. The molecule has 0 saturated carbocycles. The van der Waals surface area contributed by atoms with Crippen LogP contribution >= 0.6 is 0 Å². The normalized spacial score (nSPS) is 17.8. The Morgan fingerprint density at radius 1 is 1.39 bits per heavy atom. The summed E-state index contributed by atoms with van der Waals surface area (Å²) in [5.41, 5.74) is 0. The molecule has 2 amide bonds. The third-order valence-corrected chi connectivity index (χ3v) is 2.96. The van der Waals surface area contributed by atoms with Crippen molar-refractivity contribution in [2.24, 2.45) is 5.92 Å². The standard InChI is InChI=1S/C12H18N2O4/c1-4-9(15)13-5-6-14(10(16)7-13)11(8(2)3)12(17)18/h4,8,11H,1,5-7H2,2-3H3,(H,17,18)/t11-/m0/s1. The molecule has 1 aliphatic rings. The van der Waals surface area contributed by atoms with Crippen molar-refractivity contribution in [2.45, 2.75) is 19.9 Å². The zero-order valence-corrected chi connectivity index (χ0v) is 10.6. The molecule has 0 radical (unpaired) electrons. The second-order valence-electron chi connectivity index (χ2n) is 4.58. The molecule has 0 aromatic carbocycles. The van der Waals surface area contributed by atoms with Crippen LogP contribution in [0.25, 0.3) is 0 Å². The van der Waals surface area contributed by atoms with Crippen LogP contribution in [0.15, 0.2) is 12.7 Å². The highest BCUT2D eigenvalue weighted by Gasteiger charge is 2.36. The minimum absolute atomic E-state index is 0.0820. The molecule has 1 atom stereocenters. The average molecular weight is 254 g/mol. The molecule has 18 heavy (non-hydrogen) atoms. The Labute approximate surface area is 106 Å². The van der Waals surface area contributed by atoms with Crippen LogP contribution in [0, 0.1) is 5.92 Å². The van der Waals surface area contributed by atoms with E-state index in [1.54, 1.807) is 13.8 Å². The molecule has 0 bridgehead atoms. The lowest BCUT2D eigenvalue weighted by molar-refractivity contribution is -0.156. The van der Waals surface area contributed by atoms with Crippen LogP contribution in [0.5, 0.6) is 0 Å². The predicted molar refractivity (Wildman–Crippen MR) is 64.8 cm³/mol. The molecule has 1 N–H and O–H groups in total. The molecule has 100 valence electrons. The second-order valence-corrected chi connectivity index (χ2v) is 4.58. The molecule has 0 spiro atoms. The fourth-order valence-corrected chi connectivity index (χ4v) is 2.08. The van der Waals surface area contributed by atoms with E-state index in [-0.39, 0.29) is 30.8 Å². The number of carbonyl (C=O) groups excluding carboxylic acids is 2. The number of carbonyl (C=O) groups is 3. The Bertz CT molecular complexity index is 378. The number of hydrogen-bond donors (Lipinski definition) is 1. The Morgan fingerprint density at radius 2 is 2.00 bits per heavy atom. The van der Waals surface area contributed by atoms with Gasteiger partial charge < -0.3 is 14.9 Å². The highest BCUT2D eigenvalue weighted by Crippen LogP contribution is 2.15. The summed E-state index contributed by atoms with van der Waals surface area (Å²) in [5.74, 6) is -1.83. The molecule has 6 heteroatoms. The summed E-state index contributed by atoms with van der Waals surface area (Å²) in [4.78, 5) is 37.2. The third-order valence-electron chi connectivity index (χ3n) is 2.96. The van der Waals surface area contributed by atoms with E-state index in [1.807, 2.05) is 0 Å². The van der Waals surface area contributed by atoms with Gasteiger partial charge in [-0.15, -0.1) is 0 Å². The smallest absolute Gasteiger partial charge is 0.326 e. The Morgan fingerprint density at radius 3 is 2.39 bits per heavy atom. The third kappa shape index (κ3) is 2.88. The summed E-state index contributed by atoms with van der Waals surface area (Å²) in [5, 5.41) is 9.14. The highest BCUT2D eigenvalue weighted by atomic mass is 16.4. The number of carboxylic acids is 1. The maximum absolute atomic E-state index is 11.9. The molecular formula is C12H18N2O4. The first kappa shape index (κ1) is 14.2. The highest BCUT2D eigenvalue weighted by molar-refractivity contribution is 5.93. The van der Waals surface area contributed by atoms with Crippen molar-refractivity contribution in [3.63, 3.8) is 0 Å². The SMILES string of the molecule is C=CC(=O)N1CCN([C@H](C(=O)O)C(C)C)C(=O)C1. The molecule has 0 aliphatic carbocycles. The molecule has 0 unspecified atom stereocenters. The van der Waals surface area contributed by atoms with Gasteiger partial charge in [0.15, 0.2) is 0 Å². The maximum Gasteiger partial charge on any atom is 0.326 e. The van der Waals surface area contributed by atoms with Gasteiger partial charge in [0.1, 0.15) is 12.6 Å². The number of piperazine rings is 1. The number of hydrogen-bond acceptors (Lipinski definition) is 3. The fraction of sp³-hybridized carbons (Fsp3) is 0.583.